The van der Waals surface area contributed by atoms with Crippen LogP contribution in [0.4, 0.5) is 11.4 Å². The van der Waals surface area contributed by atoms with Crippen LogP contribution >= 0.6 is 11.6 Å². The molecule has 24 heavy (non-hydrogen) atoms. The van der Waals surface area contributed by atoms with Gasteiger partial charge in [0.1, 0.15) is 6.61 Å². The van der Waals surface area contributed by atoms with Crippen molar-refractivity contribution in [3.05, 3.63) is 80.7 Å². The van der Waals surface area contributed by atoms with Crippen molar-refractivity contribution in [2.24, 2.45) is 10.7 Å². The smallest absolute Gasteiger partial charge is 0.276 e. The lowest BCUT2D eigenvalue weighted by Gasteiger charge is -2.08. The van der Waals surface area contributed by atoms with Crippen molar-refractivity contribution in [2.75, 3.05) is 0 Å². The first kappa shape index (κ1) is 17.5. The van der Waals surface area contributed by atoms with Gasteiger partial charge in [-0.2, -0.15) is 0 Å². The minimum atomic E-state index is -0.437. The Bertz CT molecular complexity index is 786. The van der Waals surface area contributed by atoms with Gasteiger partial charge in [0, 0.05) is 23.4 Å². The number of hydrogen-bond donors (Lipinski definition) is 1. The van der Waals surface area contributed by atoms with Crippen LogP contribution in [0.15, 0.2) is 59.4 Å². The summed E-state index contributed by atoms with van der Waals surface area (Å²) in [6.45, 7) is 1.80. The summed E-state index contributed by atoms with van der Waals surface area (Å²) in [4.78, 5) is 14.8. The first-order chi connectivity index (χ1) is 11.5. The molecule has 2 rings (SSSR count). The van der Waals surface area contributed by atoms with E-state index in [2.05, 4.69) is 4.99 Å². The first-order valence-electron chi connectivity index (χ1n) is 7.08. The van der Waals surface area contributed by atoms with E-state index >= 15 is 0 Å². The minimum Gasteiger partial charge on any atom is -0.474 e. The van der Waals surface area contributed by atoms with E-state index in [0.717, 1.165) is 11.3 Å². The van der Waals surface area contributed by atoms with E-state index in [1.807, 2.05) is 0 Å². The molecular weight excluding hydrogens is 330 g/mol. The van der Waals surface area contributed by atoms with Crippen LogP contribution in [0, 0.1) is 17.0 Å². The lowest BCUT2D eigenvalue weighted by Crippen LogP contribution is -2.06. The van der Waals surface area contributed by atoms with Gasteiger partial charge in [0.2, 0.25) is 0 Å². The van der Waals surface area contributed by atoms with Gasteiger partial charge in [0.15, 0.2) is 5.88 Å². The molecule has 2 aromatic rings. The Morgan fingerprint density at radius 2 is 2.04 bits per heavy atom. The zero-order valence-corrected chi connectivity index (χ0v) is 13.7. The molecule has 7 heteroatoms. The molecule has 0 aromatic heterocycles. The van der Waals surface area contributed by atoms with E-state index in [4.69, 9.17) is 22.1 Å². The maximum Gasteiger partial charge on any atom is 0.276 e. The van der Waals surface area contributed by atoms with E-state index in [1.165, 1.54) is 18.4 Å². The number of nitro benzene ring substituents is 1. The van der Waals surface area contributed by atoms with Gasteiger partial charge < -0.3 is 10.5 Å². The first-order valence-corrected chi connectivity index (χ1v) is 7.46. The Hall–Kier alpha value is -2.86. The quantitative estimate of drug-likeness (QED) is 0.366. The summed E-state index contributed by atoms with van der Waals surface area (Å²) in [5, 5.41) is 11.7. The van der Waals surface area contributed by atoms with Crippen molar-refractivity contribution in [3.63, 3.8) is 0 Å². The van der Waals surface area contributed by atoms with Crippen molar-refractivity contribution in [1.82, 2.24) is 0 Å². The number of aliphatic imine (C=N–C) groups is 1. The average molecular weight is 346 g/mol. The fraction of sp³-hybridized carbons (Fsp3) is 0.118. The van der Waals surface area contributed by atoms with E-state index in [1.54, 1.807) is 43.3 Å². The van der Waals surface area contributed by atoms with Crippen molar-refractivity contribution in [1.29, 1.82) is 0 Å². The highest BCUT2D eigenvalue weighted by Gasteiger charge is 2.15. The highest BCUT2D eigenvalue weighted by molar-refractivity contribution is 6.30. The summed E-state index contributed by atoms with van der Waals surface area (Å²) in [5.41, 5.74) is 7.74. The molecule has 0 aliphatic rings. The lowest BCUT2D eigenvalue weighted by atomic mass is 10.1. The normalized spacial score (nSPS) is 11.7. The van der Waals surface area contributed by atoms with Crippen LogP contribution in [0.1, 0.15) is 11.1 Å². The number of hydrogen-bond acceptors (Lipinski definition) is 5. The standard InChI is InChI=1S/C17H16ClN3O3/c1-12-3-2-4-16(21(22)23)15(12)11-24-17(19)9-10-20-14-7-5-13(18)6-8-14/h2-10H,11,19H2,1H3/b17-9+,20-10?. The molecule has 0 unspecified atom stereocenters. The number of nitro groups is 1. The van der Waals surface area contributed by atoms with E-state index in [0.29, 0.717) is 10.6 Å². The second-order valence-corrected chi connectivity index (χ2v) is 5.38. The van der Waals surface area contributed by atoms with Crippen molar-refractivity contribution < 1.29 is 9.66 Å². The van der Waals surface area contributed by atoms with Crippen molar-refractivity contribution in [2.45, 2.75) is 13.5 Å². The molecule has 0 amide bonds. The monoisotopic (exact) mass is 345 g/mol. The third kappa shape index (κ3) is 4.82. The van der Waals surface area contributed by atoms with Crippen molar-refractivity contribution in [3.8, 4) is 0 Å². The van der Waals surface area contributed by atoms with Gasteiger partial charge in [-0.15, -0.1) is 0 Å². The fourth-order valence-corrected chi connectivity index (χ4v) is 2.10. The molecule has 124 valence electrons. The summed E-state index contributed by atoms with van der Waals surface area (Å²) in [7, 11) is 0. The maximum absolute atomic E-state index is 11.0. The Labute approximate surface area is 144 Å². The van der Waals surface area contributed by atoms with Gasteiger partial charge in [-0.3, -0.25) is 15.1 Å². The van der Waals surface area contributed by atoms with E-state index < -0.39 is 4.92 Å². The molecule has 0 spiro atoms. The van der Waals surface area contributed by atoms with Gasteiger partial charge in [-0.05, 0) is 36.8 Å². The summed E-state index contributed by atoms with van der Waals surface area (Å²) in [6, 6.07) is 11.8. The van der Waals surface area contributed by atoms with Crippen LogP contribution in [0.2, 0.25) is 5.02 Å². The Morgan fingerprint density at radius 1 is 1.33 bits per heavy atom. The van der Waals surface area contributed by atoms with Gasteiger partial charge in [-0.25, -0.2) is 0 Å². The third-order valence-corrected chi connectivity index (χ3v) is 3.51. The number of rotatable bonds is 6. The van der Waals surface area contributed by atoms with Gasteiger partial charge >= 0.3 is 0 Å². The summed E-state index contributed by atoms with van der Waals surface area (Å²) in [5.74, 6) is 0.116. The molecule has 6 nitrogen and oxygen atoms in total. The molecule has 0 radical (unpaired) electrons. The number of halogens is 1. The molecule has 0 fully saturated rings. The molecule has 2 N–H and O–H groups in total. The predicted octanol–water partition coefficient (Wildman–Crippen LogP) is 4.28. The molecule has 0 heterocycles. The number of benzene rings is 2. The minimum absolute atomic E-state index is 0.0117. The van der Waals surface area contributed by atoms with E-state index in [9.17, 15) is 10.1 Å². The van der Waals surface area contributed by atoms with Gasteiger partial charge in [0.05, 0.1) is 16.2 Å². The second-order valence-electron chi connectivity index (χ2n) is 4.94. The Morgan fingerprint density at radius 3 is 2.71 bits per heavy atom. The molecule has 0 atom stereocenters. The predicted molar refractivity (Wildman–Crippen MR) is 94.5 cm³/mol. The largest absolute Gasteiger partial charge is 0.474 e. The number of nitrogens with zero attached hydrogens (tertiary/aromatic N) is 2. The molecule has 0 aliphatic heterocycles. The van der Waals surface area contributed by atoms with Crippen LogP contribution in [0.3, 0.4) is 0 Å². The van der Waals surface area contributed by atoms with Crippen LogP contribution in [0.5, 0.6) is 0 Å². The number of ether oxygens (including phenoxy) is 1. The number of nitrogens with two attached hydrogens (primary N) is 1. The van der Waals surface area contributed by atoms with Gasteiger partial charge in [-0.1, -0.05) is 23.7 Å². The highest BCUT2D eigenvalue weighted by Crippen LogP contribution is 2.23. The Balaban J connectivity index is 2.01. The van der Waals surface area contributed by atoms with E-state index in [-0.39, 0.29) is 18.2 Å². The summed E-state index contributed by atoms with van der Waals surface area (Å²) >= 11 is 5.79. The van der Waals surface area contributed by atoms with Crippen LogP contribution in [-0.2, 0) is 11.3 Å². The molecular formula is C17H16ClN3O3. The number of allylic oxidation sites excluding steroid dienone is 1. The van der Waals surface area contributed by atoms with Crippen LogP contribution in [-0.4, -0.2) is 11.1 Å². The molecule has 0 aliphatic carbocycles. The van der Waals surface area contributed by atoms with Crippen LogP contribution in [0.25, 0.3) is 0 Å². The fourth-order valence-electron chi connectivity index (χ4n) is 1.97. The second kappa shape index (κ2) is 8.12. The maximum atomic E-state index is 11.0. The van der Waals surface area contributed by atoms with Gasteiger partial charge in [0.25, 0.3) is 5.69 Å². The van der Waals surface area contributed by atoms with Crippen molar-refractivity contribution >= 4 is 29.2 Å². The highest BCUT2D eigenvalue weighted by atomic mass is 35.5. The SMILES string of the molecule is Cc1cccc([N+](=O)[O-])c1CO/C(N)=C/C=Nc1ccc(Cl)cc1. The molecule has 2 aromatic carbocycles. The molecule has 0 saturated carbocycles. The average Bonchev–Trinajstić information content (AvgIpc) is 2.55. The third-order valence-electron chi connectivity index (χ3n) is 3.25. The zero-order valence-electron chi connectivity index (χ0n) is 13.0. The number of aryl methyl sites for hydroxylation is 1. The topological polar surface area (TPSA) is 90.8 Å². The summed E-state index contributed by atoms with van der Waals surface area (Å²) in [6.07, 6.45) is 2.98. The Kier molecular flexibility index (Phi) is 5.92. The summed E-state index contributed by atoms with van der Waals surface area (Å²) < 4.78 is 5.38. The lowest BCUT2D eigenvalue weighted by molar-refractivity contribution is -0.385. The zero-order chi connectivity index (χ0) is 17.5. The molecule has 0 saturated heterocycles. The van der Waals surface area contributed by atoms with Crippen LogP contribution < -0.4 is 5.73 Å². The molecule has 0 bridgehead atoms.